The zero-order chi connectivity index (χ0) is 14.1. The standard InChI is InChI=1S/C16H16O4/c1-19-12-4-2-3-10(7-12)16-9-14(18)13-8-11(17)5-6-15(13)20-16/h2-8,14,16-18H,9H2,1H3. The van der Waals surface area contributed by atoms with Crippen molar-refractivity contribution in [3.63, 3.8) is 0 Å². The van der Waals surface area contributed by atoms with Crippen molar-refractivity contribution in [3.8, 4) is 17.2 Å². The maximum atomic E-state index is 10.2. The van der Waals surface area contributed by atoms with Crippen molar-refractivity contribution in [1.29, 1.82) is 0 Å². The maximum absolute atomic E-state index is 10.2. The highest BCUT2D eigenvalue weighted by molar-refractivity contribution is 5.43. The Bertz CT molecular complexity index is 624. The lowest BCUT2D eigenvalue weighted by atomic mass is 9.95. The van der Waals surface area contributed by atoms with Crippen molar-refractivity contribution in [2.75, 3.05) is 7.11 Å². The molecule has 2 aromatic rings. The highest BCUT2D eigenvalue weighted by Gasteiger charge is 2.28. The quantitative estimate of drug-likeness (QED) is 0.882. The molecule has 0 spiro atoms. The number of phenolic OH excluding ortho intramolecular Hbond substituents is 1. The van der Waals surface area contributed by atoms with Crippen molar-refractivity contribution >= 4 is 0 Å². The number of fused-ring (bicyclic) bond motifs is 1. The first-order valence-corrected chi connectivity index (χ1v) is 6.49. The molecular formula is C16H16O4. The van der Waals surface area contributed by atoms with Gasteiger partial charge >= 0.3 is 0 Å². The summed E-state index contributed by atoms with van der Waals surface area (Å²) in [6, 6.07) is 12.4. The van der Waals surface area contributed by atoms with E-state index in [0.717, 1.165) is 11.3 Å². The lowest BCUT2D eigenvalue weighted by Crippen LogP contribution is -2.18. The van der Waals surface area contributed by atoms with Crippen LogP contribution < -0.4 is 9.47 Å². The van der Waals surface area contributed by atoms with Crippen LogP contribution in [0, 0.1) is 0 Å². The van der Waals surface area contributed by atoms with Crippen LogP contribution >= 0.6 is 0 Å². The minimum atomic E-state index is -0.651. The largest absolute Gasteiger partial charge is 0.508 e. The van der Waals surface area contributed by atoms with Crippen molar-refractivity contribution in [2.45, 2.75) is 18.6 Å². The Balaban J connectivity index is 1.92. The number of benzene rings is 2. The second-order valence-electron chi connectivity index (χ2n) is 4.86. The van der Waals surface area contributed by atoms with Gasteiger partial charge in [-0.2, -0.15) is 0 Å². The smallest absolute Gasteiger partial charge is 0.127 e. The van der Waals surface area contributed by atoms with Gasteiger partial charge in [0.15, 0.2) is 0 Å². The van der Waals surface area contributed by atoms with E-state index in [-0.39, 0.29) is 11.9 Å². The number of aliphatic hydroxyl groups is 1. The minimum Gasteiger partial charge on any atom is -0.508 e. The molecule has 104 valence electrons. The van der Waals surface area contributed by atoms with E-state index in [1.165, 1.54) is 0 Å². The number of aliphatic hydroxyl groups excluding tert-OH is 1. The lowest BCUT2D eigenvalue weighted by Gasteiger charge is -2.30. The van der Waals surface area contributed by atoms with Gasteiger partial charge < -0.3 is 19.7 Å². The molecule has 0 fully saturated rings. The Kier molecular flexibility index (Phi) is 3.24. The van der Waals surface area contributed by atoms with E-state index >= 15 is 0 Å². The molecule has 0 radical (unpaired) electrons. The zero-order valence-corrected chi connectivity index (χ0v) is 11.1. The van der Waals surface area contributed by atoms with Crippen LogP contribution in [-0.2, 0) is 0 Å². The average molecular weight is 272 g/mol. The Morgan fingerprint density at radius 2 is 2.05 bits per heavy atom. The van der Waals surface area contributed by atoms with Crippen molar-refractivity contribution in [3.05, 3.63) is 53.6 Å². The molecule has 0 amide bonds. The molecule has 2 atom stereocenters. The first-order valence-electron chi connectivity index (χ1n) is 6.49. The van der Waals surface area contributed by atoms with E-state index in [0.29, 0.717) is 17.7 Å². The molecular weight excluding hydrogens is 256 g/mol. The molecule has 3 rings (SSSR count). The van der Waals surface area contributed by atoms with E-state index in [1.54, 1.807) is 25.3 Å². The topological polar surface area (TPSA) is 58.9 Å². The van der Waals surface area contributed by atoms with Gasteiger partial charge in [0.1, 0.15) is 23.4 Å². The summed E-state index contributed by atoms with van der Waals surface area (Å²) in [5, 5.41) is 19.7. The molecule has 4 nitrogen and oxygen atoms in total. The SMILES string of the molecule is COc1cccc(C2CC(O)c3cc(O)ccc3O2)c1. The fourth-order valence-corrected chi connectivity index (χ4v) is 2.48. The molecule has 1 heterocycles. The van der Waals surface area contributed by atoms with E-state index in [4.69, 9.17) is 9.47 Å². The Morgan fingerprint density at radius 1 is 1.20 bits per heavy atom. The Morgan fingerprint density at radius 3 is 2.85 bits per heavy atom. The molecule has 1 aliphatic heterocycles. The number of methoxy groups -OCH3 is 1. The molecule has 20 heavy (non-hydrogen) atoms. The molecule has 0 saturated heterocycles. The van der Waals surface area contributed by atoms with Crippen molar-refractivity contribution < 1.29 is 19.7 Å². The molecule has 2 aromatic carbocycles. The Hall–Kier alpha value is -2.20. The maximum Gasteiger partial charge on any atom is 0.127 e. The minimum absolute atomic E-state index is 0.131. The summed E-state index contributed by atoms with van der Waals surface area (Å²) in [5.41, 5.74) is 1.59. The van der Waals surface area contributed by atoms with Gasteiger partial charge in [0.25, 0.3) is 0 Å². The Labute approximate surface area is 117 Å². The molecule has 4 heteroatoms. The van der Waals surface area contributed by atoms with Crippen LogP contribution in [0.25, 0.3) is 0 Å². The zero-order valence-electron chi connectivity index (χ0n) is 11.1. The number of aromatic hydroxyl groups is 1. The fourth-order valence-electron chi connectivity index (χ4n) is 2.48. The van der Waals surface area contributed by atoms with Gasteiger partial charge in [-0.15, -0.1) is 0 Å². The number of hydrogen-bond acceptors (Lipinski definition) is 4. The monoisotopic (exact) mass is 272 g/mol. The highest BCUT2D eigenvalue weighted by atomic mass is 16.5. The van der Waals surface area contributed by atoms with E-state index in [9.17, 15) is 10.2 Å². The summed E-state index contributed by atoms with van der Waals surface area (Å²) in [5.74, 6) is 1.50. The fraction of sp³-hybridized carbons (Fsp3) is 0.250. The normalized spacial score (nSPS) is 20.9. The van der Waals surface area contributed by atoms with Gasteiger partial charge in [-0.25, -0.2) is 0 Å². The summed E-state index contributed by atoms with van der Waals surface area (Å²) in [6.45, 7) is 0. The lowest BCUT2D eigenvalue weighted by molar-refractivity contribution is 0.0653. The second-order valence-corrected chi connectivity index (χ2v) is 4.86. The van der Waals surface area contributed by atoms with Crippen LogP contribution in [0.3, 0.4) is 0 Å². The van der Waals surface area contributed by atoms with E-state index in [2.05, 4.69) is 0 Å². The molecule has 1 aliphatic rings. The molecule has 2 unspecified atom stereocenters. The van der Waals surface area contributed by atoms with Crippen LogP contribution in [0.15, 0.2) is 42.5 Å². The first-order chi connectivity index (χ1) is 9.67. The highest BCUT2D eigenvalue weighted by Crippen LogP contribution is 2.42. The van der Waals surface area contributed by atoms with Crippen LogP contribution in [0.2, 0.25) is 0 Å². The summed E-state index contributed by atoms with van der Waals surface area (Å²) in [6.07, 6.45) is -0.428. The molecule has 0 saturated carbocycles. The van der Waals surface area contributed by atoms with Crippen LogP contribution in [-0.4, -0.2) is 17.3 Å². The van der Waals surface area contributed by atoms with Gasteiger partial charge in [-0.1, -0.05) is 12.1 Å². The first kappa shape index (κ1) is 12.8. The van der Waals surface area contributed by atoms with Gasteiger partial charge in [-0.3, -0.25) is 0 Å². The van der Waals surface area contributed by atoms with Crippen molar-refractivity contribution in [2.24, 2.45) is 0 Å². The number of rotatable bonds is 2. The third-order valence-corrected chi connectivity index (χ3v) is 3.52. The van der Waals surface area contributed by atoms with Crippen LogP contribution in [0.4, 0.5) is 0 Å². The predicted molar refractivity (Wildman–Crippen MR) is 74.0 cm³/mol. The second kappa shape index (κ2) is 5.06. The third kappa shape index (κ3) is 2.30. The summed E-state index contributed by atoms with van der Waals surface area (Å²) in [4.78, 5) is 0. The molecule has 0 aliphatic carbocycles. The van der Waals surface area contributed by atoms with Gasteiger partial charge in [0.2, 0.25) is 0 Å². The van der Waals surface area contributed by atoms with Gasteiger partial charge in [0.05, 0.1) is 13.2 Å². The van der Waals surface area contributed by atoms with Crippen LogP contribution in [0.5, 0.6) is 17.2 Å². The molecule has 0 aromatic heterocycles. The number of hydrogen-bond donors (Lipinski definition) is 2. The van der Waals surface area contributed by atoms with Crippen molar-refractivity contribution in [1.82, 2.24) is 0 Å². The number of phenols is 1. The summed E-state index contributed by atoms with van der Waals surface area (Å²) < 4.78 is 11.1. The number of ether oxygens (including phenoxy) is 2. The predicted octanol–water partition coefficient (Wildman–Crippen LogP) is 2.96. The summed E-state index contributed by atoms with van der Waals surface area (Å²) >= 11 is 0. The van der Waals surface area contributed by atoms with E-state index in [1.807, 2.05) is 24.3 Å². The average Bonchev–Trinajstić information content (AvgIpc) is 2.48. The van der Waals surface area contributed by atoms with Gasteiger partial charge in [0, 0.05) is 12.0 Å². The molecule has 0 bridgehead atoms. The third-order valence-electron chi connectivity index (χ3n) is 3.52. The molecule has 2 N–H and O–H groups in total. The van der Waals surface area contributed by atoms with E-state index < -0.39 is 6.10 Å². The van der Waals surface area contributed by atoms with Gasteiger partial charge in [-0.05, 0) is 35.9 Å². The van der Waals surface area contributed by atoms with Crippen LogP contribution in [0.1, 0.15) is 29.8 Å². The summed E-state index contributed by atoms with van der Waals surface area (Å²) in [7, 11) is 1.62.